The highest BCUT2D eigenvalue weighted by molar-refractivity contribution is 8.19. The minimum atomic E-state index is -0.444. The number of hydrogen-bond acceptors (Lipinski definition) is 5. The number of rotatable bonds is 5. The second-order valence-corrected chi connectivity index (χ2v) is 7.36. The van der Waals surface area contributed by atoms with Crippen molar-refractivity contribution >= 4 is 57.9 Å². The van der Waals surface area contributed by atoms with Crippen molar-refractivity contribution in [3.05, 3.63) is 56.9 Å². The van der Waals surface area contributed by atoms with Gasteiger partial charge in [0, 0.05) is 5.02 Å². The Kier molecular flexibility index (Phi) is 6.20. The van der Waals surface area contributed by atoms with Gasteiger partial charge in [-0.3, -0.25) is 9.59 Å². The first kappa shape index (κ1) is 20.2. The zero-order valence-electron chi connectivity index (χ0n) is 14.6. The molecular formula is C20H13Cl2NO4S. The van der Waals surface area contributed by atoms with Gasteiger partial charge in [0.25, 0.3) is 11.1 Å². The van der Waals surface area contributed by atoms with Crippen LogP contribution in [0.1, 0.15) is 5.56 Å². The highest BCUT2D eigenvalue weighted by Gasteiger charge is 2.36. The number of ether oxygens (including phenoxy) is 2. The molecule has 0 saturated carbocycles. The van der Waals surface area contributed by atoms with E-state index in [1.54, 1.807) is 42.5 Å². The summed E-state index contributed by atoms with van der Waals surface area (Å²) in [7, 11) is 1.46. The summed E-state index contributed by atoms with van der Waals surface area (Å²) < 4.78 is 10.7. The van der Waals surface area contributed by atoms with Gasteiger partial charge >= 0.3 is 0 Å². The molecule has 1 saturated heterocycles. The molecule has 0 radical (unpaired) electrons. The van der Waals surface area contributed by atoms with Crippen molar-refractivity contribution in [2.75, 3.05) is 18.6 Å². The lowest BCUT2D eigenvalue weighted by Gasteiger charge is -2.13. The van der Waals surface area contributed by atoms with Crippen LogP contribution in [0.5, 0.6) is 11.5 Å². The number of carbonyl (C=O) groups is 2. The number of benzene rings is 2. The zero-order valence-corrected chi connectivity index (χ0v) is 16.9. The summed E-state index contributed by atoms with van der Waals surface area (Å²) in [5.74, 6) is 2.59. The SMILES string of the molecule is C#CCOc1c(Cl)cc(/C=C2\SC(=O)N(c3cccc(Cl)c3)C2=O)cc1OC. The number of nitrogens with zero attached hydrogens (tertiary/aromatic N) is 1. The molecule has 3 rings (SSSR count). The van der Waals surface area contributed by atoms with E-state index in [0.717, 1.165) is 16.7 Å². The molecule has 28 heavy (non-hydrogen) atoms. The molecular weight excluding hydrogens is 421 g/mol. The van der Waals surface area contributed by atoms with Gasteiger partial charge in [-0.15, -0.1) is 6.42 Å². The molecule has 0 aliphatic carbocycles. The van der Waals surface area contributed by atoms with E-state index in [1.165, 1.54) is 7.11 Å². The van der Waals surface area contributed by atoms with E-state index in [2.05, 4.69) is 5.92 Å². The summed E-state index contributed by atoms with van der Waals surface area (Å²) in [6.07, 6.45) is 6.77. The van der Waals surface area contributed by atoms with Crippen LogP contribution in [0.15, 0.2) is 41.3 Å². The highest BCUT2D eigenvalue weighted by Crippen LogP contribution is 2.40. The van der Waals surface area contributed by atoms with Crippen LogP contribution in [0.2, 0.25) is 10.0 Å². The van der Waals surface area contributed by atoms with Crippen molar-refractivity contribution in [2.45, 2.75) is 0 Å². The molecule has 2 amide bonds. The number of terminal acetylenes is 1. The van der Waals surface area contributed by atoms with Crippen molar-refractivity contribution in [2.24, 2.45) is 0 Å². The third-order valence-electron chi connectivity index (χ3n) is 3.71. The first-order valence-corrected chi connectivity index (χ1v) is 9.49. The number of hydrogen-bond donors (Lipinski definition) is 0. The van der Waals surface area contributed by atoms with Gasteiger partial charge in [-0.1, -0.05) is 35.2 Å². The zero-order chi connectivity index (χ0) is 20.3. The highest BCUT2D eigenvalue weighted by atomic mass is 35.5. The van der Waals surface area contributed by atoms with E-state index in [1.807, 2.05) is 0 Å². The molecule has 0 aromatic heterocycles. The summed E-state index contributed by atoms with van der Waals surface area (Å²) in [6.45, 7) is 0.0357. The maximum atomic E-state index is 12.7. The maximum Gasteiger partial charge on any atom is 0.298 e. The van der Waals surface area contributed by atoms with Crippen LogP contribution in [0.4, 0.5) is 10.5 Å². The molecule has 0 atom stereocenters. The smallest absolute Gasteiger partial charge is 0.298 e. The number of methoxy groups -OCH3 is 1. The molecule has 1 aliphatic heterocycles. The standard InChI is InChI=1S/C20H13Cl2NO4S/c1-3-7-27-18-15(22)8-12(9-16(18)26-2)10-17-19(24)23(20(25)28-17)14-6-4-5-13(21)11-14/h1,4-6,8-11H,7H2,2H3/b17-10-. The number of carbonyl (C=O) groups excluding carboxylic acids is 2. The third kappa shape index (κ3) is 4.12. The van der Waals surface area contributed by atoms with Crippen LogP contribution < -0.4 is 14.4 Å². The third-order valence-corrected chi connectivity index (χ3v) is 5.09. The van der Waals surface area contributed by atoms with Gasteiger partial charge < -0.3 is 9.47 Å². The number of halogens is 2. The second kappa shape index (κ2) is 8.61. The molecule has 0 spiro atoms. The molecule has 142 valence electrons. The topological polar surface area (TPSA) is 55.8 Å². The van der Waals surface area contributed by atoms with Crippen molar-refractivity contribution in [3.8, 4) is 23.8 Å². The van der Waals surface area contributed by atoms with E-state index in [9.17, 15) is 9.59 Å². The Morgan fingerprint density at radius 3 is 2.71 bits per heavy atom. The largest absolute Gasteiger partial charge is 0.493 e. The average molecular weight is 434 g/mol. The number of anilines is 1. The first-order chi connectivity index (χ1) is 13.4. The predicted octanol–water partition coefficient (Wildman–Crippen LogP) is 5.25. The summed E-state index contributed by atoms with van der Waals surface area (Å²) in [6, 6.07) is 9.78. The van der Waals surface area contributed by atoms with Gasteiger partial charge in [-0.25, -0.2) is 4.90 Å². The number of amides is 2. The monoisotopic (exact) mass is 433 g/mol. The van der Waals surface area contributed by atoms with Crippen molar-refractivity contribution in [3.63, 3.8) is 0 Å². The molecule has 0 unspecified atom stereocenters. The Balaban J connectivity index is 1.94. The Labute approximate surface area is 176 Å². The second-order valence-electron chi connectivity index (χ2n) is 5.52. The van der Waals surface area contributed by atoms with Crippen LogP contribution in [0.25, 0.3) is 6.08 Å². The minimum Gasteiger partial charge on any atom is -0.493 e. The first-order valence-electron chi connectivity index (χ1n) is 7.92. The van der Waals surface area contributed by atoms with Crippen molar-refractivity contribution < 1.29 is 19.1 Å². The summed E-state index contributed by atoms with van der Waals surface area (Å²) in [4.78, 5) is 26.4. The van der Waals surface area contributed by atoms with Crippen LogP contribution in [0.3, 0.4) is 0 Å². The number of imide groups is 1. The molecule has 1 aliphatic rings. The molecule has 0 N–H and O–H groups in total. The Morgan fingerprint density at radius 2 is 2.04 bits per heavy atom. The summed E-state index contributed by atoms with van der Waals surface area (Å²) in [5, 5.41) is 0.292. The van der Waals surface area contributed by atoms with Crippen LogP contribution >= 0.6 is 35.0 Å². The average Bonchev–Trinajstić information content (AvgIpc) is 2.93. The summed E-state index contributed by atoms with van der Waals surface area (Å²) >= 11 is 13.0. The fraction of sp³-hybridized carbons (Fsp3) is 0.100. The number of thioether (sulfide) groups is 1. The van der Waals surface area contributed by atoms with Gasteiger partial charge in [-0.2, -0.15) is 0 Å². The molecule has 5 nitrogen and oxygen atoms in total. The van der Waals surface area contributed by atoms with Gasteiger partial charge in [0.1, 0.15) is 6.61 Å². The molecule has 2 aromatic carbocycles. The Bertz CT molecular complexity index is 1030. The molecule has 0 bridgehead atoms. The van der Waals surface area contributed by atoms with Crippen LogP contribution in [0, 0.1) is 12.3 Å². The molecule has 1 fully saturated rings. The maximum absolute atomic E-state index is 12.7. The van der Waals surface area contributed by atoms with Gasteiger partial charge in [0.05, 0.1) is 22.7 Å². The van der Waals surface area contributed by atoms with Crippen LogP contribution in [-0.2, 0) is 4.79 Å². The van der Waals surface area contributed by atoms with Crippen molar-refractivity contribution in [1.82, 2.24) is 0 Å². The Hall–Kier alpha value is -2.59. The van der Waals surface area contributed by atoms with E-state index in [4.69, 9.17) is 39.1 Å². The minimum absolute atomic E-state index is 0.0357. The molecule has 8 heteroatoms. The quantitative estimate of drug-likeness (QED) is 0.475. The van der Waals surface area contributed by atoms with E-state index in [-0.39, 0.29) is 16.5 Å². The van der Waals surface area contributed by atoms with Gasteiger partial charge in [0.2, 0.25) is 0 Å². The lowest BCUT2D eigenvalue weighted by atomic mass is 10.1. The van der Waals surface area contributed by atoms with Crippen LogP contribution in [-0.4, -0.2) is 24.9 Å². The lowest BCUT2D eigenvalue weighted by molar-refractivity contribution is -0.113. The predicted molar refractivity (Wildman–Crippen MR) is 112 cm³/mol. The molecule has 1 heterocycles. The Morgan fingerprint density at radius 1 is 1.25 bits per heavy atom. The molecule has 2 aromatic rings. The fourth-order valence-corrected chi connectivity index (χ4v) is 3.83. The van der Waals surface area contributed by atoms with Gasteiger partial charge in [-0.05, 0) is 53.7 Å². The summed E-state index contributed by atoms with van der Waals surface area (Å²) in [5.41, 5.74) is 0.985. The van der Waals surface area contributed by atoms with E-state index < -0.39 is 11.1 Å². The van der Waals surface area contributed by atoms with Crippen molar-refractivity contribution in [1.29, 1.82) is 0 Å². The van der Waals surface area contributed by atoms with Gasteiger partial charge in [0.15, 0.2) is 11.5 Å². The lowest BCUT2D eigenvalue weighted by Crippen LogP contribution is -2.27. The normalized spacial score (nSPS) is 15.1. The van der Waals surface area contributed by atoms with E-state index >= 15 is 0 Å². The van der Waals surface area contributed by atoms with E-state index in [0.29, 0.717) is 27.8 Å². The fourth-order valence-electron chi connectivity index (χ4n) is 2.53.